The minimum atomic E-state index is -4.44. The number of nitrogens with zero attached hydrogens (tertiary/aromatic N) is 1. The van der Waals surface area contributed by atoms with Gasteiger partial charge < -0.3 is 15.5 Å². The van der Waals surface area contributed by atoms with E-state index in [2.05, 4.69) is 15.7 Å². The molecule has 0 aliphatic carbocycles. The molecule has 0 amide bonds. The van der Waals surface area contributed by atoms with Crippen molar-refractivity contribution in [2.45, 2.75) is 38.1 Å². The van der Waals surface area contributed by atoms with Crippen LogP contribution < -0.4 is 16.6 Å². The molecule has 0 saturated carbocycles. The molecule has 112 valence electrons. The maximum Gasteiger partial charge on any atom is 0.416 e. The van der Waals surface area contributed by atoms with Gasteiger partial charge in [0.25, 0.3) is 0 Å². The Hall–Kier alpha value is -1.54. The fourth-order valence-electron chi connectivity index (χ4n) is 2.18. The number of aromatic nitrogens is 1. The van der Waals surface area contributed by atoms with Crippen LogP contribution in [0.15, 0.2) is 12.1 Å². The van der Waals surface area contributed by atoms with Gasteiger partial charge in [-0.3, -0.25) is 0 Å². The average Bonchev–Trinajstić information content (AvgIpc) is 2.37. The Morgan fingerprint density at radius 1 is 1.35 bits per heavy atom. The van der Waals surface area contributed by atoms with E-state index >= 15 is 0 Å². The molecule has 1 fully saturated rings. The molecule has 1 saturated heterocycles. The van der Waals surface area contributed by atoms with Gasteiger partial charge >= 0.3 is 6.18 Å². The molecule has 8 heteroatoms. The monoisotopic (exact) mass is 290 g/mol. The lowest BCUT2D eigenvalue weighted by molar-refractivity contribution is -0.137. The summed E-state index contributed by atoms with van der Waals surface area (Å²) in [5.74, 6) is 5.29. The van der Waals surface area contributed by atoms with E-state index in [1.165, 1.54) is 0 Å². The number of hydrazine groups is 1. The molecule has 5 nitrogen and oxygen atoms in total. The first-order valence-corrected chi connectivity index (χ1v) is 6.32. The maximum atomic E-state index is 12.8. The normalized spacial score (nSPS) is 23.4. The van der Waals surface area contributed by atoms with E-state index in [0.717, 1.165) is 25.0 Å². The third kappa shape index (κ3) is 3.73. The number of anilines is 2. The molecular weight excluding hydrogens is 273 g/mol. The topological polar surface area (TPSA) is 72.2 Å². The maximum absolute atomic E-state index is 12.8. The molecule has 0 aromatic carbocycles. The lowest BCUT2D eigenvalue weighted by atomic mass is 10.0. The van der Waals surface area contributed by atoms with Crippen LogP contribution in [0.1, 0.15) is 25.3 Å². The highest BCUT2D eigenvalue weighted by Gasteiger charge is 2.32. The lowest BCUT2D eigenvalue weighted by Crippen LogP contribution is -2.33. The Labute approximate surface area is 114 Å². The fourth-order valence-corrected chi connectivity index (χ4v) is 2.18. The quantitative estimate of drug-likeness (QED) is 0.589. The molecule has 2 atom stereocenters. The van der Waals surface area contributed by atoms with E-state index < -0.39 is 11.7 Å². The van der Waals surface area contributed by atoms with Gasteiger partial charge in [-0.15, -0.1) is 0 Å². The Kier molecular flexibility index (Phi) is 4.34. The number of hydrogen-bond acceptors (Lipinski definition) is 5. The largest absolute Gasteiger partial charge is 0.416 e. The van der Waals surface area contributed by atoms with Gasteiger partial charge in [0.2, 0.25) is 0 Å². The summed E-state index contributed by atoms with van der Waals surface area (Å²) in [4.78, 5) is 4.00. The molecule has 0 radical (unpaired) electrons. The van der Waals surface area contributed by atoms with Gasteiger partial charge in [0.05, 0.1) is 11.7 Å². The van der Waals surface area contributed by atoms with Crippen molar-refractivity contribution in [3.05, 3.63) is 17.7 Å². The molecule has 1 aromatic heterocycles. The summed E-state index contributed by atoms with van der Waals surface area (Å²) in [6.07, 6.45) is -2.90. The highest BCUT2D eigenvalue weighted by Crippen LogP contribution is 2.32. The van der Waals surface area contributed by atoms with Crippen LogP contribution in [0.4, 0.5) is 24.8 Å². The summed E-state index contributed by atoms with van der Waals surface area (Å²) in [5, 5.41) is 3.01. The van der Waals surface area contributed by atoms with Gasteiger partial charge in [-0.05, 0) is 31.9 Å². The predicted octanol–water partition coefficient (Wildman–Crippen LogP) is 2.37. The fraction of sp³-hybridized carbons (Fsp3) is 0.583. The van der Waals surface area contributed by atoms with Crippen LogP contribution >= 0.6 is 0 Å². The standard InChI is InChI=1S/C12H17F3N4O/c1-7-4-9(2-3-20-7)17-10-5-8(12(13,14)15)6-11(18-10)19-16/h5-7,9H,2-4,16H2,1H3,(H2,17,18,19). The van der Waals surface area contributed by atoms with Crippen LogP contribution in [-0.2, 0) is 10.9 Å². The molecule has 2 heterocycles. The van der Waals surface area contributed by atoms with Crippen molar-refractivity contribution < 1.29 is 17.9 Å². The zero-order chi connectivity index (χ0) is 14.8. The van der Waals surface area contributed by atoms with E-state index in [0.29, 0.717) is 6.61 Å². The number of nitrogens with one attached hydrogen (secondary N) is 2. The van der Waals surface area contributed by atoms with Crippen LogP contribution in [0.5, 0.6) is 0 Å². The summed E-state index contributed by atoms with van der Waals surface area (Å²) in [7, 11) is 0. The van der Waals surface area contributed by atoms with Crippen LogP contribution in [0.3, 0.4) is 0 Å². The summed E-state index contributed by atoms with van der Waals surface area (Å²) in [6, 6.07) is 1.90. The Morgan fingerprint density at radius 3 is 2.65 bits per heavy atom. The minimum Gasteiger partial charge on any atom is -0.378 e. The molecule has 0 bridgehead atoms. The van der Waals surface area contributed by atoms with Crippen molar-refractivity contribution in [3.8, 4) is 0 Å². The molecule has 1 aliphatic heterocycles. The van der Waals surface area contributed by atoms with Gasteiger partial charge in [-0.1, -0.05) is 0 Å². The van der Waals surface area contributed by atoms with Crippen molar-refractivity contribution in [3.63, 3.8) is 0 Å². The van der Waals surface area contributed by atoms with Crippen molar-refractivity contribution >= 4 is 11.6 Å². The van der Waals surface area contributed by atoms with Crippen molar-refractivity contribution in [1.29, 1.82) is 0 Å². The van der Waals surface area contributed by atoms with Crippen molar-refractivity contribution in [1.82, 2.24) is 4.98 Å². The number of nitrogens with two attached hydrogens (primary N) is 1. The first-order valence-electron chi connectivity index (χ1n) is 6.32. The van der Waals surface area contributed by atoms with Crippen molar-refractivity contribution in [2.24, 2.45) is 5.84 Å². The van der Waals surface area contributed by atoms with Gasteiger partial charge in [-0.25, -0.2) is 10.8 Å². The summed E-state index contributed by atoms with van der Waals surface area (Å²) < 4.78 is 43.7. The van der Waals surface area contributed by atoms with Gasteiger partial charge in [0.1, 0.15) is 11.6 Å². The highest BCUT2D eigenvalue weighted by atomic mass is 19.4. The van der Waals surface area contributed by atoms with Gasteiger partial charge in [0.15, 0.2) is 0 Å². The first-order chi connectivity index (χ1) is 9.38. The SMILES string of the molecule is CC1CC(Nc2cc(C(F)(F)F)cc(NN)n2)CCO1. The van der Waals surface area contributed by atoms with Crippen LogP contribution in [-0.4, -0.2) is 23.7 Å². The second-order valence-electron chi connectivity index (χ2n) is 4.82. The average molecular weight is 290 g/mol. The van der Waals surface area contributed by atoms with E-state index in [-0.39, 0.29) is 23.8 Å². The summed E-state index contributed by atoms with van der Waals surface area (Å²) in [6.45, 7) is 2.51. The number of pyridine rings is 1. The zero-order valence-electron chi connectivity index (χ0n) is 11.0. The number of alkyl halides is 3. The number of rotatable bonds is 3. The van der Waals surface area contributed by atoms with Crippen LogP contribution in [0, 0.1) is 0 Å². The number of halogens is 3. The Bertz CT molecular complexity index is 467. The van der Waals surface area contributed by atoms with E-state index in [1.54, 1.807) is 0 Å². The minimum absolute atomic E-state index is 0.0255. The Morgan fingerprint density at radius 2 is 2.05 bits per heavy atom. The highest BCUT2D eigenvalue weighted by molar-refractivity contribution is 5.49. The molecule has 20 heavy (non-hydrogen) atoms. The molecular formula is C12H17F3N4O. The van der Waals surface area contributed by atoms with Crippen LogP contribution in [0.2, 0.25) is 0 Å². The summed E-state index contributed by atoms with van der Waals surface area (Å²) in [5.41, 5.74) is 1.36. The third-order valence-corrected chi connectivity index (χ3v) is 3.14. The van der Waals surface area contributed by atoms with E-state index in [9.17, 15) is 13.2 Å². The third-order valence-electron chi connectivity index (χ3n) is 3.14. The molecule has 1 aromatic rings. The predicted molar refractivity (Wildman–Crippen MR) is 69.1 cm³/mol. The van der Waals surface area contributed by atoms with Gasteiger partial charge in [-0.2, -0.15) is 13.2 Å². The Balaban J connectivity index is 2.18. The molecule has 0 spiro atoms. The van der Waals surface area contributed by atoms with E-state index in [4.69, 9.17) is 10.6 Å². The molecule has 2 unspecified atom stereocenters. The molecule has 2 rings (SSSR count). The number of ether oxygens (including phenoxy) is 1. The molecule has 4 N–H and O–H groups in total. The number of nitrogen functional groups attached to an aromatic ring is 1. The van der Waals surface area contributed by atoms with Crippen molar-refractivity contribution in [2.75, 3.05) is 17.3 Å². The van der Waals surface area contributed by atoms with Gasteiger partial charge in [0, 0.05) is 12.6 Å². The first kappa shape index (κ1) is 14.9. The lowest BCUT2D eigenvalue weighted by Gasteiger charge is -2.28. The second kappa shape index (κ2) is 5.84. The van der Waals surface area contributed by atoms with Crippen LogP contribution in [0.25, 0.3) is 0 Å². The second-order valence-corrected chi connectivity index (χ2v) is 4.82. The zero-order valence-corrected chi connectivity index (χ0v) is 11.0. The summed E-state index contributed by atoms with van der Waals surface area (Å²) >= 11 is 0. The smallest absolute Gasteiger partial charge is 0.378 e. The van der Waals surface area contributed by atoms with E-state index in [1.807, 2.05) is 6.92 Å². The number of hydrogen-bond donors (Lipinski definition) is 3. The molecule has 1 aliphatic rings.